The number of hydrogen-bond donors (Lipinski definition) is 1. The second kappa shape index (κ2) is 5.36. The van der Waals surface area contributed by atoms with E-state index in [9.17, 15) is 0 Å². The zero-order chi connectivity index (χ0) is 12.4. The summed E-state index contributed by atoms with van der Waals surface area (Å²) < 4.78 is 5.40. The van der Waals surface area contributed by atoms with Crippen LogP contribution in [0.25, 0.3) is 0 Å². The highest BCUT2D eigenvalue weighted by Gasteiger charge is 2.25. The highest BCUT2D eigenvalue weighted by molar-refractivity contribution is 4.97. The molecule has 0 bridgehead atoms. The molecule has 100 valence electrons. The minimum atomic E-state index is 0.303. The molecule has 2 fully saturated rings. The third kappa shape index (κ3) is 2.57. The summed E-state index contributed by atoms with van der Waals surface area (Å²) in [6.45, 7) is 2.26. The number of likely N-dealkylation sites (tertiary alicyclic amines) is 1. The van der Waals surface area contributed by atoms with Gasteiger partial charge in [-0.3, -0.25) is 0 Å². The van der Waals surface area contributed by atoms with Gasteiger partial charge < -0.3 is 14.7 Å². The highest BCUT2D eigenvalue weighted by Crippen LogP contribution is 2.22. The van der Waals surface area contributed by atoms with Crippen molar-refractivity contribution in [3.05, 3.63) is 11.7 Å². The Bertz CT molecular complexity index is 386. The van der Waals surface area contributed by atoms with Crippen LogP contribution in [-0.4, -0.2) is 41.2 Å². The molecule has 5 nitrogen and oxygen atoms in total. The maximum atomic E-state index is 5.40. The fourth-order valence-corrected chi connectivity index (χ4v) is 3.00. The highest BCUT2D eigenvalue weighted by atomic mass is 16.5. The van der Waals surface area contributed by atoms with E-state index >= 15 is 0 Å². The van der Waals surface area contributed by atoms with Gasteiger partial charge in [0.05, 0.1) is 6.04 Å². The quantitative estimate of drug-likeness (QED) is 0.881. The maximum absolute atomic E-state index is 5.40. The fourth-order valence-electron chi connectivity index (χ4n) is 3.00. The lowest BCUT2D eigenvalue weighted by atomic mass is 10.0. The van der Waals surface area contributed by atoms with E-state index < -0.39 is 0 Å². The molecule has 2 unspecified atom stereocenters. The summed E-state index contributed by atoms with van der Waals surface area (Å²) in [5.74, 6) is 1.65. The van der Waals surface area contributed by atoms with Crippen molar-refractivity contribution < 1.29 is 4.52 Å². The zero-order valence-electron chi connectivity index (χ0n) is 11.1. The largest absolute Gasteiger partial charge is 0.339 e. The van der Waals surface area contributed by atoms with Crippen LogP contribution < -0.4 is 5.32 Å². The Morgan fingerprint density at radius 2 is 2.28 bits per heavy atom. The van der Waals surface area contributed by atoms with Gasteiger partial charge in [-0.25, -0.2) is 0 Å². The molecule has 1 aromatic rings. The summed E-state index contributed by atoms with van der Waals surface area (Å²) >= 11 is 0. The van der Waals surface area contributed by atoms with E-state index in [1.807, 2.05) is 0 Å². The van der Waals surface area contributed by atoms with Crippen LogP contribution in [0, 0.1) is 0 Å². The number of rotatable bonds is 3. The Hall–Kier alpha value is -0.940. The molecule has 0 spiro atoms. The smallest absolute Gasteiger partial charge is 0.228 e. The first-order chi connectivity index (χ1) is 8.83. The Morgan fingerprint density at radius 1 is 1.33 bits per heavy atom. The Morgan fingerprint density at radius 3 is 3.00 bits per heavy atom. The van der Waals surface area contributed by atoms with Crippen LogP contribution in [0.15, 0.2) is 4.52 Å². The first-order valence-corrected chi connectivity index (χ1v) is 7.09. The van der Waals surface area contributed by atoms with Crippen LogP contribution in [0.2, 0.25) is 0 Å². The van der Waals surface area contributed by atoms with Crippen molar-refractivity contribution in [1.29, 1.82) is 0 Å². The molecule has 1 N–H and O–H groups in total. The molecule has 3 rings (SSSR count). The molecule has 2 saturated heterocycles. The standard InChI is InChI=1S/C13H22N4O/c1-17-8-4-5-10(17)9-12-15-13(16-18-12)11-6-2-3-7-14-11/h10-11,14H,2-9H2,1H3. The fraction of sp³-hybridized carbons (Fsp3) is 0.846. The summed E-state index contributed by atoms with van der Waals surface area (Å²) in [7, 11) is 2.18. The van der Waals surface area contributed by atoms with Crippen molar-refractivity contribution in [2.45, 2.75) is 50.6 Å². The van der Waals surface area contributed by atoms with E-state index in [0.717, 1.165) is 31.1 Å². The zero-order valence-corrected chi connectivity index (χ0v) is 11.1. The maximum Gasteiger partial charge on any atom is 0.228 e. The van der Waals surface area contributed by atoms with Gasteiger partial charge in [0, 0.05) is 12.5 Å². The summed E-state index contributed by atoms with van der Waals surface area (Å²) in [5, 5.41) is 7.60. The Kier molecular flexibility index (Phi) is 3.61. The molecule has 0 amide bonds. The van der Waals surface area contributed by atoms with Crippen LogP contribution in [0.3, 0.4) is 0 Å². The molecule has 1 aromatic heterocycles. The lowest BCUT2D eigenvalue weighted by Crippen LogP contribution is -2.28. The van der Waals surface area contributed by atoms with Gasteiger partial charge in [0.25, 0.3) is 0 Å². The number of piperidine rings is 1. The summed E-state index contributed by atoms with van der Waals surface area (Å²) in [4.78, 5) is 6.96. The van der Waals surface area contributed by atoms with E-state index in [-0.39, 0.29) is 0 Å². The van der Waals surface area contributed by atoms with E-state index in [0.29, 0.717) is 12.1 Å². The Labute approximate surface area is 108 Å². The van der Waals surface area contributed by atoms with E-state index in [1.165, 1.54) is 32.2 Å². The van der Waals surface area contributed by atoms with Gasteiger partial charge in [0.15, 0.2) is 5.82 Å². The van der Waals surface area contributed by atoms with Crippen LogP contribution in [0.4, 0.5) is 0 Å². The lowest BCUT2D eigenvalue weighted by molar-refractivity contribution is 0.277. The summed E-state index contributed by atoms with van der Waals surface area (Å²) in [5.41, 5.74) is 0. The molecule has 0 aliphatic carbocycles. The van der Waals surface area contributed by atoms with Gasteiger partial charge >= 0.3 is 0 Å². The third-order valence-corrected chi connectivity index (χ3v) is 4.19. The molecule has 0 saturated carbocycles. The molecule has 0 radical (unpaired) electrons. The molecule has 5 heteroatoms. The monoisotopic (exact) mass is 250 g/mol. The predicted octanol–water partition coefficient (Wildman–Crippen LogP) is 1.52. The normalized spacial score (nSPS) is 29.8. The van der Waals surface area contributed by atoms with Gasteiger partial charge in [-0.1, -0.05) is 11.6 Å². The number of nitrogens with one attached hydrogen (secondary N) is 1. The first kappa shape index (κ1) is 12.1. The predicted molar refractivity (Wildman–Crippen MR) is 68.2 cm³/mol. The molecule has 0 aromatic carbocycles. The van der Waals surface area contributed by atoms with Crippen LogP contribution in [0.1, 0.15) is 49.9 Å². The van der Waals surface area contributed by atoms with Crippen molar-refractivity contribution >= 4 is 0 Å². The first-order valence-electron chi connectivity index (χ1n) is 7.09. The summed E-state index contributed by atoms with van der Waals surface area (Å²) in [6, 6.07) is 0.884. The molecule has 18 heavy (non-hydrogen) atoms. The minimum Gasteiger partial charge on any atom is -0.339 e. The van der Waals surface area contributed by atoms with Crippen molar-refractivity contribution in [3.63, 3.8) is 0 Å². The second-order valence-corrected chi connectivity index (χ2v) is 5.53. The van der Waals surface area contributed by atoms with Gasteiger partial charge in [-0.15, -0.1) is 0 Å². The molecule has 3 heterocycles. The number of aromatic nitrogens is 2. The topological polar surface area (TPSA) is 54.2 Å². The SMILES string of the molecule is CN1CCCC1Cc1nc(C2CCCCN2)no1. The summed E-state index contributed by atoms with van der Waals surface area (Å²) in [6.07, 6.45) is 7.07. The van der Waals surface area contributed by atoms with E-state index in [1.54, 1.807) is 0 Å². The van der Waals surface area contributed by atoms with Crippen molar-refractivity contribution in [2.24, 2.45) is 0 Å². The molecule has 2 aliphatic rings. The number of hydrogen-bond acceptors (Lipinski definition) is 5. The van der Waals surface area contributed by atoms with Gasteiger partial charge in [0.1, 0.15) is 0 Å². The van der Waals surface area contributed by atoms with Gasteiger partial charge in [0.2, 0.25) is 5.89 Å². The average Bonchev–Trinajstić information content (AvgIpc) is 3.02. The molecule has 2 atom stereocenters. The van der Waals surface area contributed by atoms with E-state index in [2.05, 4.69) is 27.4 Å². The molecule has 2 aliphatic heterocycles. The number of nitrogens with zero attached hydrogens (tertiary/aromatic N) is 3. The second-order valence-electron chi connectivity index (χ2n) is 5.53. The van der Waals surface area contributed by atoms with Gasteiger partial charge in [-0.2, -0.15) is 4.98 Å². The number of likely N-dealkylation sites (N-methyl/N-ethyl adjacent to an activating group) is 1. The van der Waals surface area contributed by atoms with Crippen molar-refractivity contribution in [1.82, 2.24) is 20.4 Å². The van der Waals surface area contributed by atoms with Crippen molar-refractivity contribution in [3.8, 4) is 0 Å². The molecular formula is C13H22N4O. The van der Waals surface area contributed by atoms with Crippen LogP contribution >= 0.6 is 0 Å². The van der Waals surface area contributed by atoms with Crippen LogP contribution in [0.5, 0.6) is 0 Å². The minimum absolute atomic E-state index is 0.303. The third-order valence-electron chi connectivity index (χ3n) is 4.19. The van der Waals surface area contributed by atoms with Crippen LogP contribution in [-0.2, 0) is 6.42 Å². The Balaban J connectivity index is 1.62. The van der Waals surface area contributed by atoms with Crippen molar-refractivity contribution in [2.75, 3.05) is 20.1 Å². The lowest BCUT2D eigenvalue weighted by Gasteiger charge is -2.20. The average molecular weight is 250 g/mol. The van der Waals surface area contributed by atoms with E-state index in [4.69, 9.17) is 4.52 Å². The van der Waals surface area contributed by atoms with Gasteiger partial charge in [-0.05, 0) is 45.8 Å². The molecular weight excluding hydrogens is 228 g/mol.